The quantitative estimate of drug-likeness (QED) is 0.803. The van der Waals surface area contributed by atoms with Gasteiger partial charge in [-0.2, -0.15) is 5.26 Å². The molecule has 0 radical (unpaired) electrons. The van der Waals surface area contributed by atoms with Crippen molar-refractivity contribution in [2.24, 2.45) is 0 Å². The number of benzene rings is 1. The summed E-state index contributed by atoms with van der Waals surface area (Å²) in [5.41, 5.74) is 2.21. The maximum atomic E-state index is 8.96. The lowest BCUT2D eigenvalue weighted by atomic mass is 9.95. The molecule has 1 heterocycles. The number of aromatic nitrogens is 2. The lowest BCUT2D eigenvalue weighted by Crippen LogP contribution is -2.15. The van der Waals surface area contributed by atoms with Crippen LogP contribution in [0, 0.1) is 11.3 Å². The molecule has 3 nitrogen and oxygen atoms in total. The monoisotopic (exact) mass is 239 g/mol. The Morgan fingerprint density at radius 3 is 2.78 bits per heavy atom. The fourth-order valence-corrected chi connectivity index (χ4v) is 3.04. The summed E-state index contributed by atoms with van der Waals surface area (Å²) in [7, 11) is 0. The van der Waals surface area contributed by atoms with Gasteiger partial charge in [-0.05, 0) is 25.0 Å². The highest BCUT2D eigenvalue weighted by molar-refractivity contribution is 5.76. The zero-order valence-corrected chi connectivity index (χ0v) is 10.5. The molecule has 92 valence electrons. The summed E-state index contributed by atoms with van der Waals surface area (Å²) in [4.78, 5) is 4.62. The second-order valence-electron chi connectivity index (χ2n) is 5.01. The molecule has 1 fully saturated rings. The Bertz CT molecular complexity index is 585. The first kappa shape index (κ1) is 11.3. The molecule has 0 unspecified atom stereocenters. The molecule has 18 heavy (non-hydrogen) atoms. The van der Waals surface area contributed by atoms with Crippen molar-refractivity contribution in [3.05, 3.63) is 30.1 Å². The first-order valence-corrected chi connectivity index (χ1v) is 6.73. The highest BCUT2D eigenvalue weighted by atomic mass is 15.1. The average Bonchev–Trinajstić information content (AvgIpc) is 2.78. The molecule has 0 bridgehead atoms. The van der Waals surface area contributed by atoms with Crippen molar-refractivity contribution < 1.29 is 0 Å². The normalized spacial score (nSPS) is 16.8. The minimum absolute atomic E-state index is 0.408. The third kappa shape index (κ3) is 1.88. The first-order valence-electron chi connectivity index (χ1n) is 6.73. The van der Waals surface area contributed by atoms with Crippen molar-refractivity contribution in [1.29, 1.82) is 5.26 Å². The van der Waals surface area contributed by atoms with Crippen LogP contribution in [0.5, 0.6) is 0 Å². The maximum Gasteiger partial charge on any atom is 0.124 e. The Balaban J connectivity index is 2.11. The zero-order chi connectivity index (χ0) is 12.4. The number of hydrogen-bond donors (Lipinski definition) is 0. The summed E-state index contributed by atoms with van der Waals surface area (Å²) in [6.45, 7) is 0. The minimum Gasteiger partial charge on any atom is -0.324 e. The molecule has 0 atom stereocenters. The van der Waals surface area contributed by atoms with E-state index in [4.69, 9.17) is 5.26 Å². The van der Waals surface area contributed by atoms with Gasteiger partial charge >= 0.3 is 0 Å². The van der Waals surface area contributed by atoms with E-state index in [1.807, 2.05) is 12.1 Å². The second-order valence-corrected chi connectivity index (χ2v) is 5.01. The molecule has 1 aromatic heterocycles. The SMILES string of the molecule is N#CCc1nc2ccccc2n1C1CCCCC1. The summed E-state index contributed by atoms with van der Waals surface area (Å²) < 4.78 is 2.32. The standard InChI is InChI=1S/C15H17N3/c16-11-10-15-17-13-8-4-5-9-14(13)18(15)12-6-2-1-3-7-12/h4-5,8-9,12H,1-3,6-7,10H2. The van der Waals surface area contributed by atoms with E-state index in [0.29, 0.717) is 12.5 Å². The van der Waals surface area contributed by atoms with Crippen molar-refractivity contribution in [3.8, 4) is 6.07 Å². The number of imidazole rings is 1. The van der Waals surface area contributed by atoms with Crippen LogP contribution in [0.2, 0.25) is 0 Å². The average molecular weight is 239 g/mol. The Morgan fingerprint density at radius 1 is 1.22 bits per heavy atom. The lowest BCUT2D eigenvalue weighted by molar-refractivity contribution is 0.354. The summed E-state index contributed by atoms with van der Waals surface area (Å²) in [6, 6.07) is 11.0. The Hall–Kier alpha value is -1.82. The van der Waals surface area contributed by atoms with E-state index in [0.717, 1.165) is 11.3 Å². The second kappa shape index (κ2) is 4.81. The molecule has 0 spiro atoms. The summed E-state index contributed by atoms with van der Waals surface area (Å²) in [5.74, 6) is 0.936. The number of nitriles is 1. The Labute approximate surface area is 107 Å². The van der Waals surface area contributed by atoms with Crippen molar-refractivity contribution in [2.45, 2.75) is 44.6 Å². The van der Waals surface area contributed by atoms with Crippen molar-refractivity contribution in [1.82, 2.24) is 9.55 Å². The molecular weight excluding hydrogens is 222 g/mol. The van der Waals surface area contributed by atoms with Crippen molar-refractivity contribution in [2.75, 3.05) is 0 Å². The molecule has 1 saturated carbocycles. The number of nitrogens with zero attached hydrogens (tertiary/aromatic N) is 3. The van der Waals surface area contributed by atoms with Gasteiger partial charge in [-0.25, -0.2) is 4.98 Å². The van der Waals surface area contributed by atoms with Gasteiger partial charge < -0.3 is 4.57 Å². The van der Waals surface area contributed by atoms with Crippen LogP contribution in [-0.4, -0.2) is 9.55 Å². The Morgan fingerprint density at radius 2 is 2.00 bits per heavy atom. The van der Waals surface area contributed by atoms with Gasteiger partial charge in [0.25, 0.3) is 0 Å². The molecule has 0 aliphatic heterocycles. The molecule has 3 heteroatoms. The van der Waals surface area contributed by atoms with E-state index in [1.54, 1.807) is 0 Å². The van der Waals surface area contributed by atoms with Gasteiger partial charge in [-0.15, -0.1) is 0 Å². The van der Waals surface area contributed by atoms with Gasteiger partial charge in [-0.1, -0.05) is 31.4 Å². The summed E-state index contributed by atoms with van der Waals surface area (Å²) in [5, 5.41) is 8.96. The van der Waals surface area contributed by atoms with Crippen LogP contribution in [0.15, 0.2) is 24.3 Å². The van der Waals surface area contributed by atoms with Crippen LogP contribution >= 0.6 is 0 Å². The van der Waals surface area contributed by atoms with Gasteiger partial charge in [-0.3, -0.25) is 0 Å². The first-order chi connectivity index (χ1) is 8.90. The lowest BCUT2D eigenvalue weighted by Gasteiger charge is -2.25. The van der Waals surface area contributed by atoms with Gasteiger partial charge in [0.1, 0.15) is 5.82 Å². The third-order valence-electron chi connectivity index (χ3n) is 3.85. The molecule has 1 aromatic carbocycles. The molecule has 3 rings (SSSR count). The van der Waals surface area contributed by atoms with E-state index < -0.39 is 0 Å². The molecule has 1 aliphatic carbocycles. The molecule has 0 N–H and O–H groups in total. The smallest absolute Gasteiger partial charge is 0.124 e. The number of hydrogen-bond acceptors (Lipinski definition) is 2. The predicted octanol–water partition coefficient (Wildman–Crippen LogP) is 3.61. The van der Waals surface area contributed by atoms with E-state index in [1.165, 1.54) is 37.6 Å². The highest BCUT2D eigenvalue weighted by Crippen LogP contribution is 2.32. The molecule has 0 amide bonds. The summed E-state index contributed by atoms with van der Waals surface area (Å²) in [6.07, 6.45) is 6.78. The van der Waals surface area contributed by atoms with Crippen LogP contribution in [0.25, 0.3) is 11.0 Å². The van der Waals surface area contributed by atoms with E-state index in [2.05, 4.69) is 27.8 Å². The van der Waals surface area contributed by atoms with Crippen LogP contribution in [0.3, 0.4) is 0 Å². The molecule has 2 aromatic rings. The van der Waals surface area contributed by atoms with E-state index >= 15 is 0 Å². The van der Waals surface area contributed by atoms with Crippen LogP contribution in [0.4, 0.5) is 0 Å². The van der Waals surface area contributed by atoms with Crippen molar-refractivity contribution in [3.63, 3.8) is 0 Å². The van der Waals surface area contributed by atoms with Gasteiger partial charge in [0.2, 0.25) is 0 Å². The van der Waals surface area contributed by atoms with E-state index in [-0.39, 0.29) is 0 Å². The summed E-state index contributed by atoms with van der Waals surface area (Å²) >= 11 is 0. The third-order valence-corrected chi connectivity index (χ3v) is 3.85. The number of rotatable bonds is 2. The molecule has 1 aliphatic rings. The number of fused-ring (bicyclic) bond motifs is 1. The minimum atomic E-state index is 0.408. The van der Waals surface area contributed by atoms with Crippen LogP contribution in [0.1, 0.15) is 44.0 Å². The Kier molecular flexibility index (Phi) is 3.02. The molecular formula is C15H17N3. The van der Waals surface area contributed by atoms with Gasteiger partial charge in [0.15, 0.2) is 0 Å². The topological polar surface area (TPSA) is 41.6 Å². The zero-order valence-electron chi connectivity index (χ0n) is 10.5. The maximum absolute atomic E-state index is 8.96. The number of para-hydroxylation sites is 2. The fraction of sp³-hybridized carbons (Fsp3) is 0.467. The largest absolute Gasteiger partial charge is 0.324 e. The van der Waals surface area contributed by atoms with E-state index in [9.17, 15) is 0 Å². The predicted molar refractivity (Wildman–Crippen MR) is 71.2 cm³/mol. The van der Waals surface area contributed by atoms with Gasteiger partial charge in [0.05, 0.1) is 23.5 Å². The fourth-order valence-electron chi connectivity index (χ4n) is 3.04. The highest BCUT2D eigenvalue weighted by Gasteiger charge is 2.20. The molecule has 0 saturated heterocycles. The van der Waals surface area contributed by atoms with Gasteiger partial charge in [0, 0.05) is 6.04 Å². The van der Waals surface area contributed by atoms with Crippen molar-refractivity contribution >= 4 is 11.0 Å². The van der Waals surface area contributed by atoms with Crippen LogP contribution < -0.4 is 0 Å². The van der Waals surface area contributed by atoms with Crippen LogP contribution in [-0.2, 0) is 6.42 Å².